The van der Waals surface area contributed by atoms with Gasteiger partial charge in [-0.05, 0) is 38.5 Å². The highest BCUT2D eigenvalue weighted by atomic mass is 31.2. The molecule has 6 N–H and O–H groups in total. The fourth-order valence-corrected chi connectivity index (χ4v) is 8.43. The molecule has 13 nitrogen and oxygen atoms in total. The van der Waals surface area contributed by atoms with Crippen LogP contribution in [-0.4, -0.2) is 98.3 Å². The molecule has 0 spiro atoms. The third-order valence-corrected chi connectivity index (χ3v) is 12.3. The Morgan fingerprint density at radius 2 is 0.850 bits per heavy atom. The SMILES string of the molecule is CCCCCCCC/C=C\CCCCCCCC(=O)OC[C@H](COP(=O)(O)OC1C(O)C(O)C(O)[C@@H](O)C1O)OC(=O)CCCCCCCCCCCCCCCCCC. The molecule has 60 heavy (non-hydrogen) atoms. The van der Waals surface area contributed by atoms with Gasteiger partial charge in [0.2, 0.25) is 0 Å². The maximum atomic E-state index is 12.8. The highest BCUT2D eigenvalue weighted by Crippen LogP contribution is 2.47. The van der Waals surface area contributed by atoms with Gasteiger partial charge in [-0.2, -0.15) is 0 Å². The first-order valence-corrected chi connectivity index (χ1v) is 25.5. The van der Waals surface area contributed by atoms with Crippen LogP contribution in [-0.2, 0) is 32.7 Å². The van der Waals surface area contributed by atoms with Gasteiger partial charge >= 0.3 is 19.8 Å². The molecule has 1 aliphatic carbocycles. The van der Waals surface area contributed by atoms with E-state index in [2.05, 4.69) is 26.0 Å². The molecule has 0 saturated heterocycles. The number of hydrogen-bond acceptors (Lipinski definition) is 12. The molecule has 0 amide bonds. The topological polar surface area (TPSA) is 210 Å². The van der Waals surface area contributed by atoms with Gasteiger partial charge in [0, 0.05) is 12.8 Å². The number of aliphatic hydroxyl groups excluding tert-OH is 5. The lowest BCUT2D eigenvalue weighted by Gasteiger charge is -2.41. The van der Waals surface area contributed by atoms with Crippen LogP contribution in [0, 0.1) is 0 Å². The number of phosphoric acid groups is 1. The number of aliphatic hydroxyl groups is 5. The van der Waals surface area contributed by atoms with Crippen molar-refractivity contribution in [3.63, 3.8) is 0 Å². The van der Waals surface area contributed by atoms with Gasteiger partial charge in [-0.15, -0.1) is 0 Å². The van der Waals surface area contributed by atoms with E-state index in [-0.39, 0.29) is 12.8 Å². The van der Waals surface area contributed by atoms with Crippen molar-refractivity contribution >= 4 is 19.8 Å². The Kier molecular flexibility index (Phi) is 34.9. The minimum atomic E-state index is -5.11. The Morgan fingerprint density at radius 3 is 1.27 bits per heavy atom. The summed E-state index contributed by atoms with van der Waals surface area (Å²) in [6, 6.07) is 0. The number of carbonyl (C=O) groups excluding carboxylic acids is 2. The summed E-state index contributed by atoms with van der Waals surface area (Å²) in [5.41, 5.74) is 0. The Balaban J connectivity index is 2.44. The molecule has 1 fully saturated rings. The average Bonchev–Trinajstić information content (AvgIpc) is 3.23. The molecule has 1 aliphatic rings. The molecule has 1 saturated carbocycles. The van der Waals surface area contributed by atoms with E-state index in [1.165, 1.54) is 116 Å². The second-order valence-electron chi connectivity index (χ2n) is 17.0. The van der Waals surface area contributed by atoms with E-state index in [0.29, 0.717) is 12.8 Å². The molecular weight excluding hydrogens is 791 g/mol. The number of carbonyl (C=O) groups is 2. The summed E-state index contributed by atoms with van der Waals surface area (Å²) in [4.78, 5) is 35.7. The van der Waals surface area contributed by atoms with Gasteiger partial charge in [-0.1, -0.05) is 174 Å². The number of hydrogen-bond donors (Lipinski definition) is 6. The second-order valence-corrected chi connectivity index (χ2v) is 18.4. The maximum absolute atomic E-state index is 12.8. The van der Waals surface area contributed by atoms with Crippen LogP contribution in [0.2, 0.25) is 0 Å². The van der Waals surface area contributed by atoms with Crippen LogP contribution in [0.25, 0.3) is 0 Å². The van der Waals surface area contributed by atoms with Crippen molar-refractivity contribution in [3.05, 3.63) is 12.2 Å². The zero-order valence-corrected chi connectivity index (χ0v) is 38.4. The van der Waals surface area contributed by atoms with Crippen LogP contribution >= 0.6 is 7.82 Å². The van der Waals surface area contributed by atoms with Crippen molar-refractivity contribution in [1.82, 2.24) is 0 Å². The zero-order chi connectivity index (χ0) is 44.3. The highest BCUT2D eigenvalue weighted by Gasteiger charge is 2.51. The first-order chi connectivity index (χ1) is 28.9. The summed E-state index contributed by atoms with van der Waals surface area (Å²) < 4.78 is 33.6. The minimum absolute atomic E-state index is 0.101. The molecule has 1 rings (SSSR count). The number of phosphoric ester groups is 1. The molecule has 0 bridgehead atoms. The number of ether oxygens (including phenoxy) is 2. The molecule has 0 aromatic heterocycles. The Labute approximate surface area is 363 Å². The largest absolute Gasteiger partial charge is 0.472 e. The Hall–Kier alpha value is -1.41. The monoisotopic (exact) mass is 879 g/mol. The van der Waals surface area contributed by atoms with E-state index in [4.69, 9.17) is 18.5 Å². The second kappa shape index (κ2) is 37.0. The standard InChI is InChI=1S/C46H87O13P/c1-3-5-7-9-11-13-15-17-19-21-23-25-27-29-31-33-35-40(48)58-38(37-57-60(54,55)59-46-44(52)42(50)41(49)43(51)45(46)53)36-56-39(47)34-32-30-28-26-24-22-20-18-16-14-12-10-8-6-4-2/h18,20,38,41-46,49-53H,3-17,19,21-37H2,1-2H3,(H,54,55)/b20-18-/t38-,41?,42-,43?,44?,45?,46?/m1/s1. The third-order valence-electron chi connectivity index (χ3n) is 11.4. The summed E-state index contributed by atoms with van der Waals surface area (Å²) in [5.74, 6) is -1.10. The Bertz CT molecular complexity index is 1110. The van der Waals surface area contributed by atoms with Crippen molar-refractivity contribution in [2.75, 3.05) is 13.2 Å². The smallest absolute Gasteiger partial charge is 0.462 e. The average molecular weight is 879 g/mol. The lowest BCUT2D eigenvalue weighted by molar-refractivity contribution is -0.220. The molecule has 0 aromatic rings. The molecule has 8 atom stereocenters. The molecule has 0 heterocycles. The molecule has 0 aliphatic heterocycles. The van der Waals surface area contributed by atoms with Gasteiger partial charge in [0.05, 0.1) is 6.61 Å². The summed E-state index contributed by atoms with van der Waals surface area (Å²) in [5, 5.41) is 50.2. The van der Waals surface area contributed by atoms with E-state index < -0.39 is 75.7 Å². The van der Waals surface area contributed by atoms with Crippen molar-refractivity contribution < 1.29 is 63.1 Å². The molecule has 0 radical (unpaired) electrons. The van der Waals surface area contributed by atoms with Crippen molar-refractivity contribution in [2.24, 2.45) is 0 Å². The van der Waals surface area contributed by atoms with Crippen molar-refractivity contribution in [3.8, 4) is 0 Å². The van der Waals surface area contributed by atoms with E-state index in [0.717, 1.165) is 57.8 Å². The van der Waals surface area contributed by atoms with Crippen LogP contribution in [0.4, 0.5) is 0 Å². The minimum Gasteiger partial charge on any atom is -0.462 e. The quantitative estimate of drug-likeness (QED) is 0.0147. The van der Waals surface area contributed by atoms with Gasteiger partial charge in [0.25, 0.3) is 0 Å². The Morgan fingerprint density at radius 1 is 0.500 bits per heavy atom. The number of allylic oxidation sites excluding steroid dienone is 2. The van der Waals surface area contributed by atoms with Crippen LogP contribution in [0.1, 0.15) is 213 Å². The predicted octanol–water partition coefficient (Wildman–Crippen LogP) is 9.45. The molecular formula is C46H87O13P. The third kappa shape index (κ3) is 29.0. The first kappa shape index (κ1) is 56.6. The van der Waals surface area contributed by atoms with Gasteiger partial charge in [-0.25, -0.2) is 4.57 Å². The van der Waals surface area contributed by atoms with Gasteiger partial charge in [0.1, 0.15) is 43.2 Å². The first-order valence-electron chi connectivity index (χ1n) is 24.0. The van der Waals surface area contributed by atoms with E-state index >= 15 is 0 Å². The molecule has 0 aromatic carbocycles. The summed E-state index contributed by atoms with van der Waals surface area (Å²) in [6.45, 7) is 3.31. The lowest BCUT2D eigenvalue weighted by Crippen LogP contribution is -2.64. The lowest BCUT2D eigenvalue weighted by atomic mass is 9.85. The van der Waals surface area contributed by atoms with Crippen molar-refractivity contribution in [2.45, 2.75) is 256 Å². The van der Waals surface area contributed by atoms with E-state index in [9.17, 15) is 44.6 Å². The van der Waals surface area contributed by atoms with Gasteiger partial charge in [-0.3, -0.25) is 18.6 Å². The fraction of sp³-hybridized carbons (Fsp3) is 0.913. The van der Waals surface area contributed by atoms with E-state index in [1.54, 1.807) is 0 Å². The molecule has 354 valence electrons. The summed E-state index contributed by atoms with van der Waals surface area (Å²) in [6.07, 6.45) is 25.5. The van der Waals surface area contributed by atoms with Crippen LogP contribution in [0.3, 0.4) is 0 Å². The highest BCUT2D eigenvalue weighted by molar-refractivity contribution is 7.47. The van der Waals surface area contributed by atoms with E-state index in [1.807, 2.05) is 0 Å². The molecule has 14 heteroatoms. The van der Waals surface area contributed by atoms with Gasteiger partial charge < -0.3 is 39.9 Å². The predicted molar refractivity (Wildman–Crippen MR) is 235 cm³/mol. The molecule has 6 unspecified atom stereocenters. The number of rotatable bonds is 40. The van der Waals surface area contributed by atoms with Crippen LogP contribution < -0.4 is 0 Å². The van der Waals surface area contributed by atoms with Crippen LogP contribution in [0.5, 0.6) is 0 Å². The maximum Gasteiger partial charge on any atom is 0.472 e. The number of esters is 2. The number of unbranched alkanes of at least 4 members (excludes halogenated alkanes) is 26. The summed E-state index contributed by atoms with van der Waals surface area (Å²) in [7, 11) is -5.11. The fourth-order valence-electron chi connectivity index (χ4n) is 7.46. The van der Waals surface area contributed by atoms with Crippen LogP contribution in [0.15, 0.2) is 12.2 Å². The van der Waals surface area contributed by atoms with Gasteiger partial charge in [0.15, 0.2) is 6.10 Å². The zero-order valence-electron chi connectivity index (χ0n) is 37.5. The summed E-state index contributed by atoms with van der Waals surface area (Å²) >= 11 is 0. The normalized spacial score (nSPS) is 22.2. The van der Waals surface area contributed by atoms with Crippen molar-refractivity contribution in [1.29, 1.82) is 0 Å².